The van der Waals surface area contributed by atoms with Gasteiger partial charge in [0.15, 0.2) is 5.82 Å². The minimum atomic E-state index is 0. The van der Waals surface area contributed by atoms with E-state index >= 15 is 0 Å². The van der Waals surface area contributed by atoms with Gasteiger partial charge in [0.25, 0.3) is 11.8 Å². The Labute approximate surface area is 153 Å². The Kier molecular flexibility index (Phi) is 5.11. The SMILES string of the molecule is CC1CN(C(=O)c2ccc(-c3nc(C4CC4)no3)cc2)CC(C)N1.Cl. The number of amides is 1. The topological polar surface area (TPSA) is 71.3 Å². The molecule has 2 fully saturated rings. The third kappa shape index (κ3) is 3.85. The average molecular weight is 363 g/mol. The normalized spacial score (nSPS) is 23.2. The van der Waals surface area contributed by atoms with Gasteiger partial charge in [-0.1, -0.05) is 5.16 Å². The van der Waals surface area contributed by atoms with Crippen LogP contribution in [0.2, 0.25) is 0 Å². The van der Waals surface area contributed by atoms with E-state index in [1.165, 1.54) is 0 Å². The summed E-state index contributed by atoms with van der Waals surface area (Å²) in [6.07, 6.45) is 2.29. The largest absolute Gasteiger partial charge is 0.336 e. The maximum atomic E-state index is 12.7. The lowest BCUT2D eigenvalue weighted by molar-refractivity contribution is 0.0674. The lowest BCUT2D eigenvalue weighted by Gasteiger charge is -2.36. The van der Waals surface area contributed by atoms with Gasteiger partial charge in [-0.15, -0.1) is 12.4 Å². The first-order chi connectivity index (χ1) is 11.6. The van der Waals surface area contributed by atoms with E-state index in [1.807, 2.05) is 29.2 Å². The Hall–Kier alpha value is -1.92. The number of nitrogens with zero attached hydrogens (tertiary/aromatic N) is 3. The molecule has 1 amide bonds. The molecule has 2 unspecified atom stereocenters. The molecule has 0 radical (unpaired) electrons. The van der Waals surface area contributed by atoms with Crippen molar-refractivity contribution in [1.82, 2.24) is 20.4 Å². The van der Waals surface area contributed by atoms with Crippen molar-refractivity contribution in [2.75, 3.05) is 13.1 Å². The first-order valence-corrected chi connectivity index (χ1v) is 8.59. The number of hydrogen-bond donors (Lipinski definition) is 1. The van der Waals surface area contributed by atoms with E-state index in [2.05, 4.69) is 29.3 Å². The summed E-state index contributed by atoms with van der Waals surface area (Å²) in [5.41, 5.74) is 1.55. The van der Waals surface area contributed by atoms with Gasteiger partial charge in [0, 0.05) is 42.2 Å². The minimum Gasteiger partial charge on any atom is -0.336 e. The third-order valence-electron chi connectivity index (χ3n) is 4.61. The zero-order valence-corrected chi connectivity index (χ0v) is 15.3. The summed E-state index contributed by atoms with van der Waals surface area (Å²) in [4.78, 5) is 19.0. The van der Waals surface area contributed by atoms with E-state index in [4.69, 9.17) is 4.52 Å². The van der Waals surface area contributed by atoms with Crippen LogP contribution in [0.1, 0.15) is 48.8 Å². The van der Waals surface area contributed by atoms with Gasteiger partial charge >= 0.3 is 0 Å². The van der Waals surface area contributed by atoms with Gasteiger partial charge in [-0.2, -0.15) is 4.98 Å². The molecule has 0 spiro atoms. The third-order valence-corrected chi connectivity index (χ3v) is 4.61. The van der Waals surface area contributed by atoms with Crippen LogP contribution in [0.4, 0.5) is 0 Å². The van der Waals surface area contributed by atoms with Crippen LogP contribution >= 0.6 is 12.4 Å². The number of nitrogens with one attached hydrogen (secondary N) is 1. The van der Waals surface area contributed by atoms with E-state index in [0.717, 1.165) is 37.3 Å². The maximum Gasteiger partial charge on any atom is 0.257 e. The van der Waals surface area contributed by atoms with Gasteiger partial charge in [-0.3, -0.25) is 4.79 Å². The van der Waals surface area contributed by atoms with Gasteiger partial charge in [0.1, 0.15) is 0 Å². The van der Waals surface area contributed by atoms with Crippen molar-refractivity contribution in [3.8, 4) is 11.5 Å². The van der Waals surface area contributed by atoms with E-state index in [0.29, 0.717) is 29.5 Å². The Morgan fingerprint density at radius 2 is 1.80 bits per heavy atom. The second-order valence-corrected chi connectivity index (χ2v) is 6.99. The molecule has 134 valence electrons. The standard InChI is InChI=1S/C18H22N4O2.ClH/c1-11-9-22(10-12(2)19-11)18(23)15-7-5-14(6-8-15)17-20-16(21-24-17)13-3-4-13;/h5-8,11-13,19H,3-4,9-10H2,1-2H3;1H. The fourth-order valence-corrected chi connectivity index (χ4v) is 3.29. The van der Waals surface area contributed by atoms with Crippen molar-refractivity contribution in [3.63, 3.8) is 0 Å². The molecule has 2 atom stereocenters. The molecule has 0 bridgehead atoms. The molecule has 25 heavy (non-hydrogen) atoms. The van der Waals surface area contributed by atoms with Crippen LogP contribution in [0.3, 0.4) is 0 Å². The quantitative estimate of drug-likeness (QED) is 0.909. The van der Waals surface area contributed by atoms with Crippen LogP contribution in [-0.2, 0) is 0 Å². The Morgan fingerprint density at radius 1 is 1.16 bits per heavy atom. The van der Waals surface area contributed by atoms with Crippen LogP contribution < -0.4 is 5.32 Å². The lowest BCUT2D eigenvalue weighted by Crippen LogP contribution is -2.55. The summed E-state index contributed by atoms with van der Waals surface area (Å²) in [6.45, 7) is 5.68. The fourth-order valence-electron chi connectivity index (χ4n) is 3.29. The average Bonchev–Trinajstić information content (AvgIpc) is 3.31. The summed E-state index contributed by atoms with van der Waals surface area (Å²) in [5, 5.41) is 7.48. The van der Waals surface area contributed by atoms with Crippen LogP contribution in [0.25, 0.3) is 11.5 Å². The minimum absolute atomic E-state index is 0. The highest BCUT2D eigenvalue weighted by atomic mass is 35.5. The van der Waals surface area contributed by atoms with Crippen molar-refractivity contribution in [2.45, 2.75) is 44.7 Å². The Bertz CT molecular complexity index is 732. The highest BCUT2D eigenvalue weighted by Crippen LogP contribution is 2.38. The second kappa shape index (κ2) is 7.14. The molecule has 1 saturated carbocycles. The van der Waals surface area contributed by atoms with Crippen LogP contribution in [0.5, 0.6) is 0 Å². The van der Waals surface area contributed by atoms with Gasteiger partial charge < -0.3 is 14.7 Å². The van der Waals surface area contributed by atoms with Crippen LogP contribution in [0, 0.1) is 0 Å². The summed E-state index contributed by atoms with van der Waals surface area (Å²) in [6, 6.07) is 8.08. The zero-order chi connectivity index (χ0) is 16.7. The molecule has 1 aliphatic carbocycles. The molecule has 1 N–H and O–H groups in total. The Balaban J connectivity index is 0.00000182. The van der Waals surface area contributed by atoms with Crippen LogP contribution in [-0.4, -0.2) is 46.1 Å². The van der Waals surface area contributed by atoms with Crippen molar-refractivity contribution in [1.29, 1.82) is 0 Å². The molecule has 1 aromatic carbocycles. The van der Waals surface area contributed by atoms with Crippen LogP contribution in [0.15, 0.2) is 28.8 Å². The van der Waals surface area contributed by atoms with Crippen molar-refractivity contribution >= 4 is 18.3 Å². The second-order valence-electron chi connectivity index (χ2n) is 6.99. The lowest BCUT2D eigenvalue weighted by atomic mass is 10.1. The monoisotopic (exact) mass is 362 g/mol. The first kappa shape index (κ1) is 17.9. The summed E-state index contributed by atoms with van der Waals surface area (Å²) in [5.74, 6) is 1.88. The summed E-state index contributed by atoms with van der Waals surface area (Å²) in [7, 11) is 0. The fraction of sp³-hybridized carbons (Fsp3) is 0.500. The van der Waals surface area contributed by atoms with Gasteiger partial charge in [-0.25, -0.2) is 0 Å². The molecular weight excluding hydrogens is 340 g/mol. The molecule has 1 saturated heterocycles. The van der Waals surface area contributed by atoms with E-state index in [-0.39, 0.29) is 18.3 Å². The van der Waals surface area contributed by atoms with Gasteiger partial charge in [-0.05, 0) is 51.0 Å². The first-order valence-electron chi connectivity index (χ1n) is 8.59. The summed E-state index contributed by atoms with van der Waals surface area (Å²) < 4.78 is 5.33. The predicted octanol–water partition coefficient (Wildman–Crippen LogP) is 2.86. The highest BCUT2D eigenvalue weighted by Gasteiger charge is 2.29. The molecule has 1 aromatic heterocycles. The van der Waals surface area contributed by atoms with E-state index < -0.39 is 0 Å². The number of aromatic nitrogens is 2. The molecule has 1 aliphatic heterocycles. The number of hydrogen-bond acceptors (Lipinski definition) is 5. The van der Waals surface area contributed by atoms with Crippen molar-refractivity contribution in [2.24, 2.45) is 0 Å². The van der Waals surface area contributed by atoms with Crippen molar-refractivity contribution in [3.05, 3.63) is 35.7 Å². The molecule has 7 heteroatoms. The van der Waals surface area contributed by atoms with E-state index in [9.17, 15) is 4.79 Å². The number of carbonyl (C=O) groups excluding carboxylic acids is 1. The molecule has 2 aromatic rings. The van der Waals surface area contributed by atoms with E-state index in [1.54, 1.807) is 0 Å². The predicted molar refractivity (Wildman–Crippen MR) is 96.9 cm³/mol. The molecule has 6 nitrogen and oxygen atoms in total. The zero-order valence-electron chi connectivity index (χ0n) is 14.4. The number of halogens is 1. The smallest absolute Gasteiger partial charge is 0.257 e. The molecule has 2 aliphatic rings. The molecular formula is C18H23ClN4O2. The highest BCUT2D eigenvalue weighted by molar-refractivity contribution is 5.94. The van der Waals surface area contributed by atoms with Gasteiger partial charge in [0.05, 0.1) is 0 Å². The number of rotatable bonds is 3. The Morgan fingerprint density at radius 3 is 2.40 bits per heavy atom. The molecule has 4 rings (SSSR count). The van der Waals surface area contributed by atoms with Crippen molar-refractivity contribution < 1.29 is 9.32 Å². The maximum absolute atomic E-state index is 12.7. The van der Waals surface area contributed by atoms with Gasteiger partial charge in [0.2, 0.25) is 0 Å². The molecule has 2 heterocycles. The summed E-state index contributed by atoms with van der Waals surface area (Å²) >= 11 is 0. The number of carbonyl (C=O) groups is 1. The number of benzene rings is 1. The number of piperazine rings is 1.